The molecule has 0 bridgehead atoms. The van der Waals surface area contributed by atoms with Crippen LogP contribution in [-0.2, 0) is 7.05 Å². The van der Waals surface area contributed by atoms with Crippen molar-refractivity contribution in [2.45, 2.75) is 0 Å². The predicted molar refractivity (Wildman–Crippen MR) is 60.2 cm³/mol. The summed E-state index contributed by atoms with van der Waals surface area (Å²) in [5.41, 5.74) is -0.152. The van der Waals surface area contributed by atoms with E-state index in [1.807, 2.05) is 0 Å². The van der Waals surface area contributed by atoms with Gasteiger partial charge in [0.2, 0.25) is 0 Å². The number of carboxylic acids is 1. The first kappa shape index (κ1) is 11.7. The topological polar surface area (TPSA) is 110 Å². The van der Waals surface area contributed by atoms with E-state index in [4.69, 9.17) is 5.11 Å². The molecule has 0 unspecified atom stereocenters. The summed E-state index contributed by atoms with van der Waals surface area (Å²) in [6.07, 6.45) is 4.13. The smallest absolute Gasteiger partial charge is 0.358 e. The Morgan fingerprint density at radius 3 is 2.67 bits per heavy atom. The number of hydrogen-bond acceptors (Lipinski definition) is 5. The number of nitrogens with one attached hydrogen (secondary N) is 1. The third-order valence-corrected chi connectivity index (χ3v) is 2.08. The van der Waals surface area contributed by atoms with Gasteiger partial charge in [0, 0.05) is 25.6 Å². The van der Waals surface area contributed by atoms with Crippen LogP contribution < -0.4 is 5.32 Å². The summed E-state index contributed by atoms with van der Waals surface area (Å²) in [7, 11) is 1.67. The maximum atomic E-state index is 11.8. The van der Waals surface area contributed by atoms with Crippen molar-refractivity contribution in [3.63, 3.8) is 0 Å². The summed E-state index contributed by atoms with van der Waals surface area (Å²) in [4.78, 5) is 30.0. The highest BCUT2D eigenvalue weighted by Crippen LogP contribution is 2.09. The molecule has 0 aromatic carbocycles. The van der Waals surface area contributed by atoms with E-state index in [2.05, 4.69) is 20.4 Å². The van der Waals surface area contributed by atoms with Crippen molar-refractivity contribution in [1.29, 1.82) is 0 Å². The van der Waals surface area contributed by atoms with E-state index in [9.17, 15) is 9.59 Å². The molecule has 8 nitrogen and oxygen atoms in total. The second kappa shape index (κ2) is 4.62. The molecule has 0 aliphatic heterocycles. The molecule has 1 amide bonds. The lowest BCUT2D eigenvalue weighted by Crippen LogP contribution is -2.17. The second-order valence-electron chi connectivity index (χ2n) is 3.39. The molecule has 2 N–H and O–H groups in total. The summed E-state index contributed by atoms with van der Waals surface area (Å²) in [6.45, 7) is 0. The highest BCUT2D eigenvalue weighted by atomic mass is 16.4. The van der Waals surface area contributed by atoms with Crippen LogP contribution in [0.1, 0.15) is 21.0 Å². The van der Waals surface area contributed by atoms with Crippen LogP contribution in [0, 0.1) is 0 Å². The van der Waals surface area contributed by atoms with Crippen molar-refractivity contribution in [1.82, 2.24) is 19.7 Å². The number of aromatic carboxylic acids is 1. The minimum absolute atomic E-state index is 0.111. The van der Waals surface area contributed by atoms with Crippen molar-refractivity contribution in [2.75, 3.05) is 5.32 Å². The maximum absolute atomic E-state index is 11.8. The molecule has 0 aliphatic rings. The number of anilines is 1. The van der Waals surface area contributed by atoms with E-state index in [-0.39, 0.29) is 17.2 Å². The van der Waals surface area contributed by atoms with Crippen LogP contribution in [0.2, 0.25) is 0 Å². The number of aryl methyl sites for hydroxylation is 1. The molecule has 18 heavy (non-hydrogen) atoms. The monoisotopic (exact) mass is 247 g/mol. The molecule has 0 saturated carbocycles. The fourth-order valence-corrected chi connectivity index (χ4v) is 1.29. The fraction of sp³-hybridized carbons (Fsp3) is 0.100. The third-order valence-electron chi connectivity index (χ3n) is 2.08. The Kier molecular flexibility index (Phi) is 3.00. The minimum Gasteiger partial charge on any atom is -0.476 e. The van der Waals surface area contributed by atoms with Crippen LogP contribution in [0.25, 0.3) is 0 Å². The maximum Gasteiger partial charge on any atom is 0.358 e. The van der Waals surface area contributed by atoms with Gasteiger partial charge in [0.25, 0.3) is 5.91 Å². The number of carbonyl (C=O) groups is 2. The highest BCUT2D eigenvalue weighted by Gasteiger charge is 2.16. The molecule has 2 aromatic heterocycles. The van der Waals surface area contributed by atoms with Gasteiger partial charge in [-0.25, -0.2) is 14.8 Å². The lowest BCUT2D eigenvalue weighted by atomic mass is 10.3. The van der Waals surface area contributed by atoms with Crippen LogP contribution in [-0.4, -0.2) is 36.7 Å². The molecule has 0 spiro atoms. The summed E-state index contributed by atoms with van der Waals surface area (Å²) in [6, 6.07) is 1.51. The average Bonchev–Trinajstić information content (AvgIpc) is 2.76. The summed E-state index contributed by atoms with van der Waals surface area (Å²) in [5.74, 6) is -1.92. The number of nitrogens with zero attached hydrogens (tertiary/aromatic N) is 4. The van der Waals surface area contributed by atoms with Crippen molar-refractivity contribution >= 4 is 17.7 Å². The largest absolute Gasteiger partial charge is 0.476 e. The SMILES string of the molecule is Cn1ccc(C(=O)Nc2nccnc2C(=O)O)n1. The first-order chi connectivity index (χ1) is 8.58. The van der Waals surface area contributed by atoms with Crippen molar-refractivity contribution < 1.29 is 14.7 Å². The van der Waals surface area contributed by atoms with Crippen LogP contribution >= 0.6 is 0 Å². The van der Waals surface area contributed by atoms with E-state index in [1.54, 1.807) is 13.2 Å². The Balaban J connectivity index is 2.24. The van der Waals surface area contributed by atoms with Gasteiger partial charge in [-0.05, 0) is 6.07 Å². The summed E-state index contributed by atoms with van der Waals surface area (Å²) in [5, 5.41) is 15.1. The van der Waals surface area contributed by atoms with Gasteiger partial charge in [0.15, 0.2) is 17.2 Å². The number of carbonyl (C=O) groups excluding carboxylic acids is 1. The Morgan fingerprint density at radius 2 is 2.06 bits per heavy atom. The lowest BCUT2D eigenvalue weighted by Gasteiger charge is -2.04. The zero-order valence-electron chi connectivity index (χ0n) is 9.36. The molecule has 0 atom stereocenters. The first-order valence-corrected chi connectivity index (χ1v) is 4.93. The first-order valence-electron chi connectivity index (χ1n) is 4.93. The number of amides is 1. The second-order valence-corrected chi connectivity index (χ2v) is 3.39. The van der Waals surface area contributed by atoms with Gasteiger partial charge in [-0.1, -0.05) is 0 Å². The Bertz CT molecular complexity index is 607. The molecule has 2 rings (SSSR count). The van der Waals surface area contributed by atoms with Gasteiger partial charge >= 0.3 is 5.97 Å². The van der Waals surface area contributed by atoms with Crippen LogP contribution in [0.3, 0.4) is 0 Å². The van der Waals surface area contributed by atoms with E-state index in [0.29, 0.717) is 0 Å². The van der Waals surface area contributed by atoms with Gasteiger partial charge in [-0.15, -0.1) is 0 Å². The van der Waals surface area contributed by atoms with Crippen LogP contribution in [0.4, 0.5) is 5.82 Å². The fourth-order valence-electron chi connectivity index (χ4n) is 1.29. The van der Waals surface area contributed by atoms with Gasteiger partial charge in [0.1, 0.15) is 0 Å². The van der Waals surface area contributed by atoms with Gasteiger partial charge in [0.05, 0.1) is 0 Å². The molecule has 0 aliphatic carbocycles. The Morgan fingerprint density at radius 1 is 1.33 bits per heavy atom. The van der Waals surface area contributed by atoms with E-state index < -0.39 is 11.9 Å². The van der Waals surface area contributed by atoms with Gasteiger partial charge in [-0.3, -0.25) is 9.48 Å². The summed E-state index contributed by atoms with van der Waals surface area (Å²) < 4.78 is 1.46. The van der Waals surface area contributed by atoms with E-state index in [0.717, 1.165) is 0 Å². The zero-order chi connectivity index (χ0) is 13.1. The number of aromatic nitrogens is 4. The molecular weight excluding hydrogens is 238 g/mol. The lowest BCUT2D eigenvalue weighted by molar-refractivity contribution is 0.0691. The number of carboxylic acid groups (broad SMARTS) is 1. The normalized spacial score (nSPS) is 10.1. The Labute approximate surface area is 101 Å². The van der Waals surface area contributed by atoms with E-state index in [1.165, 1.54) is 23.1 Å². The molecule has 0 radical (unpaired) electrons. The standard InChI is InChI=1S/C10H9N5O3/c1-15-5-2-6(14-15)9(16)13-8-7(10(17)18)11-3-4-12-8/h2-5H,1H3,(H,17,18)(H,12,13,16). The van der Waals surface area contributed by atoms with Crippen LogP contribution in [0.15, 0.2) is 24.7 Å². The zero-order valence-corrected chi connectivity index (χ0v) is 9.36. The number of rotatable bonds is 3. The molecule has 0 fully saturated rings. The summed E-state index contributed by atoms with van der Waals surface area (Å²) >= 11 is 0. The molecular formula is C10H9N5O3. The number of hydrogen-bond donors (Lipinski definition) is 2. The van der Waals surface area contributed by atoms with Gasteiger partial charge in [-0.2, -0.15) is 5.10 Å². The quantitative estimate of drug-likeness (QED) is 0.799. The third kappa shape index (κ3) is 2.32. The average molecular weight is 247 g/mol. The van der Waals surface area contributed by atoms with Gasteiger partial charge < -0.3 is 10.4 Å². The van der Waals surface area contributed by atoms with Crippen molar-refractivity contribution in [2.24, 2.45) is 7.05 Å². The Hall–Kier alpha value is -2.77. The molecule has 2 aromatic rings. The predicted octanol–water partition coefficient (Wildman–Crippen LogP) is 0.161. The van der Waals surface area contributed by atoms with Crippen molar-refractivity contribution in [3.05, 3.63) is 36.0 Å². The van der Waals surface area contributed by atoms with Crippen LogP contribution in [0.5, 0.6) is 0 Å². The molecule has 8 heteroatoms. The molecule has 2 heterocycles. The minimum atomic E-state index is -1.26. The highest BCUT2D eigenvalue weighted by molar-refractivity contribution is 6.05. The van der Waals surface area contributed by atoms with Crippen molar-refractivity contribution in [3.8, 4) is 0 Å². The molecule has 92 valence electrons. The van der Waals surface area contributed by atoms with E-state index >= 15 is 0 Å². The molecule has 0 saturated heterocycles.